The van der Waals surface area contributed by atoms with Crippen LogP contribution in [0.4, 0.5) is 0 Å². The molecular formula is C18H36N2O. The third kappa shape index (κ3) is 3.62. The molecule has 0 aromatic heterocycles. The summed E-state index contributed by atoms with van der Waals surface area (Å²) in [4.78, 5) is 2.72. The van der Waals surface area contributed by atoms with Crippen LogP contribution in [-0.4, -0.2) is 48.3 Å². The smallest absolute Gasteiger partial charge is 0.0790 e. The van der Waals surface area contributed by atoms with Crippen molar-refractivity contribution < 1.29 is 4.74 Å². The van der Waals surface area contributed by atoms with E-state index >= 15 is 0 Å². The van der Waals surface area contributed by atoms with Crippen LogP contribution in [-0.2, 0) is 4.74 Å². The quantitative estimate of drug-likeness (QED) is 0.841. The second-order valence-electron chi connectivity index (χ2n) is 8.06. The normalized spacial score (nSPS) is 32.7. The Balaban J connectivity index is 2.10. The lowest BCUT2D eigenvalue weighted by atomic mass is 9.81. The average Bonchev–Trinajstić information content (AvgIpc) is 2.60. The van der Waals surface area contributed by atoms with Crippen molar-refractivity contribution in [3.8, 4) is 0 Å². The Labute approximate surface area is 131 Å². The topological polar surface area (TPSA) is 24.5 Å². The van der Waals surface area contributed by atoms with Crippen LogP contribution in [0.25, 0.3) is 0 Å². The molecule has 1 saturated carbocycles. The van der Waals surface area contributed by atoms with Crippen LogP contribution in [0, 0.1) is 5.92 Å². The summed E-state index contributed by atoms with van der Waals surface area (Å²) in [6.45, 7) is 13.6. The number of likely N-dealkylation sites (N-methyl/N-ethyl adjacent to an activating group) is 1. The fourth-order valence-corrected chi connectivity index (χ4v) is 4.81. The van der Waals surface area contributed by atoms with E-state index < -0.39 is 0 Å². The minimum atomic E-state index is -0.0884. The highest BCUT2D eigenvalue weighted by molar-refractivity contribution is 5.06. The van der Waals surface area contributed by atoms with Crippen LogP contribution in [0.15, 0.2) is 0 Å². The lowest BCUT2D eigenvalue weighted by molar-refractivity contribution is -0.0802. The summed E-state index contributed by atoms with van der Waals surface area (Å²) in [7, 11) is 2.08. The van der Waals surface area contributed by atoms with Gasteiger partial charge >= 0.3 is 0 Å². The van der Waals surface area contributed by atoms with Crippen LogP contribution in [0.3, 0.4) is 0 Å². The zero-order valence-electron chi connectivity index (χ0n) is 15.0. The van der Waals surface area contributed by atoms with E-state index in [0.717, 1.165) is 19.1 Å². The number of ether oxygens (including phenoxy) is 1. The van der Waals surface area contributed by atoms with E-state index in [9.17, 15) is 0 Å². The number of hydrogen-bond donors (Lipinski definition) is 1. The number of nitrogens with zero attached hydrogens (tertiary/aromatic N) is 1. The largest absolute Gasteiger partial charge is 0.368 e. The molecule has 3 nitrogen and oxygen atoms in total. The first kappa shape index (κ1) is 17.2. The Morgan fingerprint density at radius 1 is 1.05 bits per heavy atom. The fourth-order valence-electron chi connectivity index (χ4n) is 4.81. The van der Waals surface area contributed by atoms with Gasteiger partial charge in [0.15, 0.2) is 0 Å². The van der Waals surface area contributed by atoms with Gasteiger partial charge in [-0.15, -0.1) is 0 Å². The van der Waals surface area contributed by atoms with Gasteiger partial charge in [-0.25, -0.2) is 0 Å². The third-order valence-electron chi connectivity index (χ3n) is 5.81. The Bertz CT molecular complexity index is 334. The molecule has 0 aromatic carbocycles. The number of hydrogen-bond acceptors (Lipinski definition) is 3. The highest BCUT2D eigenvalue weighted by atomic mass is 16.5. The van der Waals surface area contributed by atoms with Gasteiger partial charge in [-0.1, -0.05) is 26.2 Å². The highest BCUT2D eigenvalue weighted by Crippen LogP contribution is 2.43. The van der Waals surface area contributed by atoms with Crippen molar-refractivity contribution in [3.63, 3.8) is 0 Å². The lowest BCUT2D eigenvalue weighted by Gasteiger charge is -2.39. The molecule has 1 aliphatic heterocycles. The average molecular weight is 296 g/mol. The molecule has 124 valence electrons. The van der Waals surface area contributed by atoms with Gasteiger partial charge in [0, 0.05) is 24.5 Å². The minimum absolute atomic E-state index is 0.0563. The molecule has 2 aliphatic rings. The maximum Gasteiger partial charge on any atom is 0.0790 e. The van der Waals surface area contributed by atoms with E-state index in [1.165, 1.54) is 32.1 Å². The Morgan fingerprint density at radius 2 is 1.67 bits per heavy atom. The SMILES string of the molecule is CCN(CC1C(NC)C(C)(C)OC1(C)C)C1CCCCC1. The molecule has 0 bridgehead atoms. The fraction of sp³-hybridized carbons (Fsp3) is 1.00. The predicted molar refractivity (Wildman–Crippen MR) is 89.7 cm³/mol. The van der Waals surface area contributed by atoms with Crippen molar-refractivity contribution in [2.24, 2.45) is 5.92 Å². The summed E-state index contributed by atoms with van der Waals surface area (Å²) in [6.07, 6.45) is 7.02. The molecule has 0 amide bonds. The summed E-state index contributed by atoms with van der Waals surface area (Å²) in [6, 6.07) is 1.21. The van der Waals surface area contributed by atoms with Gasteiger partial charge in [0.05, 0.1) is 11.2 Å². The minimum Gasteiger partial charge on any atom is -0.368 e. The molecular weight excluding hydrogens is 260 g/mol. The van der Waals surface area contributed by atoms with E-state index in [-0.39, 0.29) is 11.2 Å². The zero-order chi connectivity index (χ0) is 15.7. The van der Waals surface area contributed by atoms with E-state index in [2.05, 4.69) is 51.9 Å². The van der Waals surface area contributed by atoms with Crippen LogP contribution in [0.2, 0.25) is 0 Å². The van der Waals surface area contributed by atoms with Gasteiger partial charge in [0.25, 0.3) is 0 Å². The van der Waals surface area contributed by atoms with Crippen LogP contribution in [0.1, 0.15) is 66.7 Å². The molecule has 2 fully saturated rings. The Kier molecular flexibility index (Phi) is 5.38. The van der Waals surface area contributed by atoms with Gasteiger partial charge in [0.2, 0.25) is 0 Å². The zero-order valence-corrected chi connectivity index (χ0v) is 15.0. The summed E-state index contributed by atoms with van der Waals surface area (Å²) in [5.74, 6) is 0.541. The molecule has 2 rings (SSSR count). The van der Waals surface area contributed by atoms with Crippen LogP contribution in [0.5, 0.6) is 0 Å². The molecule has 0 aromatic rings. The van der Waals surface area contributed by atoms with Gasteiger partial charge in [-0.2, -0.15) is 0 Å². The standard InChI is InChI=1S/C18H36N2O/c1-7-20(14-11-9-8-10-12-14)13-15-16(19-6)18(4,5)21-17(15,2)3/h14-16,19H,7-13H2,1-6H3. The first-order valence-electron chi connectivity index (χ1n) is 8.93. The van der Waals surface area contributed by atoms with Crippen LogP contribution < -0.4 is 5.32 Å². The highest BCUT2D eigenvalue weighted by Gasteiger charge is 2.53. The van der Waals surface area contributed by atoms with Crippen molar-refractivity contribution in [2.75, 3.05) is 20.1 Å². The maximum absolute atomic E-state index is 6.40. The van der Waals surface area contributed by atoms with E-state index in [0.29, 0.717) is 12.0 Å². The van der Waals surface area contributed by atoms with E-state index in [1.54, 1.807) is 0 Å². The van der Waals surface area contributed by atoms with E-state index in [4.69, 9.17) is 4.74 Å². The Hall–Kier alpha value is -0.120. The van der Waals surface area contributed by atoms with Gasteiger partial charge in [0.1, 0.15) is 0 Å². The first-order valence-corrected chi connectivity index (χ1v) is 8.93. The number of rotatable bonds is 5. The number of nitrogens with one attached hydrogen (secondary N) is 1. The summed E-state index contributed by atoms with van der Waals surface area (Å²) >= 11 is 0. The van der Waals surface area contributed by atoms with Crippen molar-refractivity contribution >= 4 is 0 Å². The second kappa shape index (κ2) is 6.55. The Morgan fingerprint density at radius 3 is 2.19 bits per heavy atom. The molecule has 21 heavy (non-hydrogen) atoms. The molecule has 2 unspecified atom stereocenters. The van der Waals surface area contributed by atoms with Crippen molar-refractivity contribution in [2.45, 2.75) is 90.0 Å². The summed E-state index contributed by atoms with van der Waals surface area (Å²) in [5, 5.41) is 3.54. The molecule has 0 radical (unpaired) electrons. The predicted octanol–water partition coefficient (Wildman–Crippen LogP) is 3.43. The van der Waals surface area contributed by atoms with Crippen molar-refractivity contribution in [1.82, 2.24) is 10.2 Å². The molecule has 2 atom stereocenters. The molecule has 1 aliphatic carbocycles. The molecule has 1 N–H and O–H groups in total. The second-order valence-corrected chi connectivity index (χ2v) is 8.06. The summed E-state index contributed by atoms with van der Waals surface area (Å²) in [5.41, 5.74) is -0.145. The van der Waals surface area contributed by atoms with Crippen molar-refractivity contribution in [3.05, 3.63) is 0 Å². The van der Waals surface area contributed by atoms with Crippen molar-refractivity contribution in [1.29, 1.82) is 0 Å². The molecule has 0 spiro atoms. The van der Waals surface area contributed by atoms with Gasteiger partial charge in [-0.05, 0) is 54.1 Å². The first-order chi connectivity index (χ1) is 9.81. The molecule has 3 heteroatoms. The third-order valence-corrected chi connectivity index (χ3v) is 5.81. The van der Waals surface area contributed by atoms with Gasteiger partial charge in [-0.3, -0.25) is 0 Å². The maximum atomic E-state index is 6.40. The molecule has 1 heterocycles. The lowest BCUT2D eigenvalue weighted by Crippen LogP contribution is -2.51. The van der Waals surface area contributed by atoms with Gasteiger partial charge < -0.3 is 15.0 Å². The molecule has 1 saturated heterocycles. The summed E-state index contributed by atoms with van der Waals surface area (Å²) < 4.78 is 6.40. The van der Waals surface area contributed by atoms with E-state index in [1.807, 2.05) is 0 Å². The monoisotopic (exact) mass is 296 g/mol. The van der Waals surface area contributed by atoms with Crippen LogP contribution >= 0.6 is 0 Å².